The topological polar surface area (TPSA) is 29.5 Å². The van der Waals surface area contributed by atoms with E-state index in [1.54, 1.807) is 20.2 Å². The molecule has 0 fully saturated rings. The molecule has 0 radical (unpaired) electrons. The van der Waals surface area contributed by atoms with E-state index in [2.05, 4.69) is 6.58 Å². The van der Waals surface area contributed by atoms with E-state index in [9.17, 15) is 4.79 Å². The Labute approximate surface area is 97.3 Å². The second kappa shape index (κ2) is 9.93. The maximum Gasteiger partial charge on any atom is 0.209 e. The molecule has 1 aromatic rings. The molecule has 3 nitrogen and oxygen atoms in total. The number of carbonyl (C=O) groups excluding carboxylic acids is 1. The van der Waals surface area contributed by atoms with Crippen molar-refractivity contribution in [1.29, 1.82) is 0 Å². The lowest BCUT2D eigenvalue weighted by atomic mass is 10.2. The molecule has 88 valence electrons. The first-order valence-corrected chi connectivity index (χ1v) is 5.05. The summed E-state index contributed by atoms with van der Waals surface area (Å²) in [6.07, 6.45) is 2.50. The van der Waals surface area contributed by atoms with Gasteiger partial charge in [0.05, 0.1) is 13.2 Å². The Hall–Kier alpha value is -1.61. The van der Waals surface area contributed by atoms with Gasteiger partial charge in [-0.05, 0) is 5.56 Å². The normalized spacial score (nSPS) is 8.62. The molecule has 0 aliphatic carbocycles. The monoisotopic (exact) mass is 221 g/mol. The summed E-state index contributed by atoms with van der Waals surface area (Å²) < 4.78 is 5.25. The van der Waals surface area contributed by atoms with Crippen LogP contribution in [0.3, 0.4) is 0 Å². The number of nitrogens with zero attached hydrogens (tertiary/aromatic N) is 1. The van der Waals surface area contributed by atoms with Crippen molar-refractivity contribution in [2.45, 2.75) is 6.61 Å². The Morgan fingerprint density at radius 2 is 1.88 bits per heavy atom. The van der Waals surface area contributed by atoms with Gasteiger partial charge in [-0.2, -0.15) is 0 Å². The minimum atomic E-state index is 0.620. The minimum absolute atomic E-state index is 0.620. The van der Waals surface area contributed by atoms with E-state index < -0.39 is 0 Å². The van der Waals surface area contributed by atoms with Crippen molar-refractivity contribution >= 4 is 6.41 Å². The molecule has 0 saturated heterocycles. The van der Waals surface area contributed by atoms with Gasteiger partial charge in [0.25, 0.3) is 0 Å². The molecule has 0 bridgehead atoms. The molecule has 0 heterocycles. The molecule has 0 saturated carbocycles. The van der Waals surface area contributed by atoms with E-state index in [4.69, 9.17) is 4.74 Å². The standard InChI is InChI=1S/C10H12O.C3H7NO/c1-2-8-11-9-10-6-4-3-5-7-10;1-4(2)3-5/h2-7H,1,8-9H2;3H,1-2H3. The summed E-state index contributed by atoms with van der Waals surface area (Å²) in [5.41, 5.74) is 1.20. The number of carbonyl (C=O) groups is 1. The zero-order chi connectivity index (χ0) is 12.2. The second-order valence-corrected chi connectivity index (χ2v) is 3.36. The predicted molar refractivity (Wildman–Crippen MR) is 66.0 cm³/mol. The van der Waals surface area contributed by atoms with E-state index in [0.29, 0.717) is 13.2 Å². The lowest BCUT2D eigenvalue weighted by molar-refractivity contribution is -0.115. The number of hydrogen-bond acceptors (Lipinski definition) is 2. The van der Waals surface area contributed by atoms with Crippen LogP contribution in [0.5, 0.6) is 0 Å². The Kier molecular flexibility index (Phi) is 8.93. The summed E-state index contributed by atoms with van der Waals surface area (Å²) in [7, 11) is 3.38. The fourth-order valence-corrected chi connectivity index (χ4v) is 0.834. The Morgan fingerprint density at radius 1 is 1.31 bits per heavy atom. The zero-order valence-corrected chi connectivity index (χ0v) is 9.93. The summed E-state index contributed by atoms with van der Waals surface area (Å²) in [6, 6.07) is 10.1. The third kappa shape index (κ3) is 8.97. The molecule has 0 aliphatic rings. The number of benzene rings is 1. The van der Waals surface area contributed by atoms with Gasteiger partial charge in [-0.15, -0.1) is 6.58 Å². The summed E-state index contributed by atoms with van der Waals surface area (Å²) in [5, 5.41) is 0. The van der Waals surface area contributed by atoms with Crippen LogP contribution in [0.15, 0.2) is 43.0 Å². The van der Waals surface area contributed by atoms with Crippen molar-refractivity contribution in [3.05, 3.63) is 48.6 Å². The first-order chi connectivity index (χ1) is 7.70. The average molecular weight is 221 g/mol. The molecule has 0 aliphatic heterocycles. The molecule has 16 heavy (non-hydrogen) atoms. The van der Waals surface area contributed by atoms with Gasteiger partial charge in [0.15, 0.2) is 0 Å². The maximum atomic E-state index is 9.43. The van der Waals surface area contributed by atoms with Crippen molar-refractivity contribution in [3.63, 3.8) is 0 Å². The highest BCUT2D eigenvalue weighted by atomic mass is 16.5. The van der Waals surface area contributed by atoms with Crippen molar-refractivity contribution < 1.29 is 9.53 Å². The van der Waals surface area contributed by atoms with Crippen molar-refractivity contribution in [2.24, 2.45) is 0 Å². The van der Waals surface area contributed by atoms with E-state index in [1.807, 2.05) is 30.3 Å². The molecule has 0 spiro atoms. The van der Waals surface area contributed by atoms with E-state index in [-0.39, 0.29) is 0 Å². The molecular formula is C13H19NO2. The van der Waals surface area contributed by atoms with Crippen LogP contribution in [0.2, 0.25) is 0 Å². The fraction of sp³-hybridized carbons (Fsp3) is 0.308. The van der Waals surface area contributed by atoms with Crippen LogP contribution in [0, 0.1) is 0 Å². The summed E-state index contributed by atoms with van der Waals surface area (Å²) >= 11 is 0. The molecule has 1 aromatic carbocycles. The summed E-state index contributed by atoms with van der Waals surface area (Å²) in [4.78, 5) is 10.9. The quantitative estimate of drug-likeness (QED) is 0.433. The van der Waals surface area contributed by atoms with Crippen LogP contribution >= 0.6 is 0 Å². The second-order valence-electron chi connectivity index (χ2n) is 3.36. The van der Waals surface area contributed by atoms with Crippen molar-refractivity contribution in [2.75, 3.05) is 20.7 Å². The third-order valence-electron chi connectivity index (χ3n) is 1.56. The lowest BCUT2D eigenvalue weighted by Crippen LogP contribution is -2.06. The van der Waals surface area contributed by atoms with Crippen LogP contribution < -0.4 is 0 Å². The van der Waals surface area contributed by atoms with Crippen LogP contribution in [0.4, 0.5) is 0 Å². The van der Waals surface area contributed by atoms with Gasteiger partial charge in [-0.1, -0.05) is 36.4 Å². The number of rotatable bonds is 5. The molecule has 1 amide bonds. The van der Waals surface area contributed by atoms with Crippen LogP contribution in [-0.4, -0.2) is 32.0 Å². The van der Waals surface area contributed by atoms with Gasteiger partial charge in [0.2, 0.25) is 6.41 Å². The van der Waals surface area contributed by atoms with Crippen LogP contribution in [-0.2, 0) is 16.1 Å². The van der Waals surface area contributed by atoms with Gasteiger partial charge in [0.1, 0.15) is 0 Å². The molecule has 3 heteroatoms. The SMILES string of the molecule is C=CCOCc1ccccc1.CN(C)C=O. The van der Waals surface area contributed by atoms with Gasteiger partial charge >= 0.3 is 0 Å². The Balaban J connectivity index is 0.000000385. The third-order valence-corrected chi connectivity index (χ3v) is 1.56. The zero-order valence-electron chi connectivity index (χ0n) is 9.93. The summed E-state index contributed by atoms with van der Waals surface area (Å²) in [6.45, 7) is 4.86. The van der Waals surface area contributed by atoms with E-state index >= 15 is 0 Å². The van der Waals surface area contributed by atoms with E-state index in [0.717, 1.165) is 6.41 Å². The van der Waals surface area contributed by atoms with Crippen LogP contribution in [0.1, 0.15) is 5.56 Å². The predicted octanol–water partition coefficient (Wildman–Crippen LogP) is 2.09. The minimum Gasteiger partial charge on any atom is -0.373 e. The number of amides is 1. The first kappa shape index (κ1) is 14.4. The lowest BCUT2D eigenvalue weighted by Gasteiger charge is -1.99. The smallest absolute Gasteiger partial charge is 0.209 e. The fourth-order valence-electron chi connectivity index (χ4n) is 0.834. The molecule has 0 aromatic heterocycles. The largest absolute Gasteiger partial charge is 0.373 e. The van der Waals surface area contributed by atoms with Gasteiger partial charge in [0, 0.05) is 14.1 Å². The molecule has 0 N–H and O–H groups in total. The van der Waals surface area contributed by atoms with E-state index in [1.165, 1.54) is 10.5 Å². The average Bonchev–Trinajstić information content (AvgIpc) is 2.31. The van der Waals surface area contributed by atoms with Crippen LogP contribution in [0.25, 0.3) is 0 Å². The number of hydrogen-bond donors (Lipinski definition) is 0. The van der Waals surface area contributed by atoms with Crippen molar-refractivity contribution in [1.82, 2.24) is 4.90 Å². The molecular weight excluding hydrogens is 202 g/mol. The molecule has 1 rings (SSSR count). The highest BCUT2D eigenvalue weighted by Gasteiger charge is 1.87. The summed E-state index contributed by atoms with van der Waals surface area (Å²) in [5.74, 6) is 0. The highest BCUT2D eigenvalue weighted by molar-refractivity contribution is 5.45. The van der Waals surface area contributed by atoms with Gasteiger partial charge in [-0.25, -0.2) is 0 Å². The number of ether oxygens (including phenoxy) is 1. The molecule has 0 unspecified atom stereocenters. The Morgan fingerprint density at radius 3 is 2.31 bits per heavy atom. The van der Waals surface area contributed by atoms with Gasteiger partial charge in [-0.3, -0.25) is 4.79 Å². The maximum absolute atomic E-state index is 9.43. The first-order valence-electron chi connectivity index (χ1n) is 5.05. The Bertz CT molecular complexity index is 283. The van der Waals surface area contributed by atoms with Gasteiger partial charge < -0.3 is 9.64 Å². The van der Waals surface area contributed by atoms with Crippen molar-refractivity contribution in [3.8, 4) is 0 Å². The highest BCUT2D eigenvalue weighted by Crippen LogP contribution is 1.99. The molecule has 0 atom stereocenters.